The first kappa shape index (κ1) is 14.8. The van der Waals surface area contributed by atoms with Gasteiger partial charge in [0.05, 0.1) is 22.4 Å². The highest BCUT2D eigenvalue weighted by Crippen LogP contribution is 2.52. The zero-order valence-electron chi connectivity index (χ0n) is 12.3. The van der Waals surface area contributed by atoms with Crippen LogP contribution in [0.5, 0.6) is 0 Å². The first-order valence-corrected chi connectivity index (χ1v) is 9.42. The Morgan fingerprint density at radius 2 is 2.00 bits per heavy atom. The lowest BCUT2D eigenvalue weighted by Gasteiger charge is -2.26. The molecule has 5 nitrogen and oxygen atoms in total. The lowest BCUT2D eigenvalue weighted by atomic mass is 9.79. The molecule has 0 aromatic carbocycles. The minimum atomic E-state index is -0.837. The molecule has 2 aromatic heterocycles. The number of carbonyl (C=O) groups excluding carboxylic acids is 1. The first-order chi connectivity index (χ1) is 11.1. The van der Waals surface area contributed by atoms with E-state index in [2.05, 4.69) is 10.3 Å². The SMILES string of the molecule is O=C(O)[C@H]1[C@H]2CC[C@@H](C2)[C@@H]1C(=O)Nc1nc(-c2cccs2)cs1. The summed E-state index contributed by atoms with van der Waals surface area (Å²) >= 11 is 2.98. The molecule has 2 aromatic rings. The highest BCUT2D eigenvalue weighted by molar-refractivity contribution is 7.16. The number of hydrogen-bond acceptors (Lipinski definition) is 5. The van der Waals surface area contributed by atoms with E-state index in [-0.39, 0.29) is 17.7 Å². The van der Waals surface area contributed by atoms with Crippen LogP contribution in [0.3, 0.4) is 0 Å². The summed E-state index contributed by atoms with van der Waals surface area (Å²) in [6, 6.07) is 3.95. The van der Waals surface area contributed by atoms with Gasteiger partial charge in [-0.1, -0.05) is 6.07 Å². The van der Waals surface area contributed by atoms with Crippen molar-refractivity contribution in [3.05, 3.63) is 22.9 Å². The zero-order valence-corrected chi connectivity index (χ0v) is 13.9. The minimum Gasteiger partial charge on any atom is -0.481 e. The Labute approximate surface area is 141 Å². The second-order valence-corrected chi connectivity index (χ2v) is 8.03. The molecule has 2 fully saturated rings. The molecule has 0 radical (unpaired) electrons. The van der Waals surface area contributed by atoms with Gasteiger partial charge in [-0.25, -0.2) is 4.98 Å². The fourth-order valence-corrected chi connectivity index (χ4v) is 5.56. The summed E-state index contributed by atoms with van der Waals surface area (Å²) in [5.41, 5.74) is 0.850. The molecule has 0 unspecified atom stereocenters. The highest BCUT2D eigenvalue weighted by Gasteiger charge is 2.54. The molecule has 4 rings (SSSR count). The van der Waals surface area contributed by atoms with E-state index in [1.165, 1.54) is 11.3 Å². The van der Waals surface area contributed by atoms with Crippen molar-refractivity contribution in [3.63, 3.8) is 0 Å². The maximum absolute atomic E-state index is 12.6. The Balaban J connectivity index is 1.51. The van der Waals surface area contributed by atoms with Crippen LogP contribution in [0.15, 0.2) is 22.9 Å². The second-order valence-electron chi connectivity index (χ2n) is 6.23. The lowest BCUT2D eigenvalue weighted by Crippen LogP contribution is -2.37. The van der Waals surface area contributed by atoms with E-state index in [0.29, 0.717) is 5.13 Å². The summed E-state index contributed by atoms with van der Waals surface area (Å²) in [6.45, 7) is 0. The topological polar surface area (TPSA) is 79.3 Å². The van der Waals surface area contributed by atoms with Crippen LogP contribution in [0.1, 0.15) is 19.3 Å². The fraction of sp³-hybridized carbons (Fsp3) is 0.438. The molecule has 0 saturated heterocycles. The van der Waals surface area contributed by atoms with Crippen molar-refractivity contribution >= 4 is 39.7 Å². The molecule has 2 aliphatic carbocycles. The van der Waals surface area contributed by atoms with Gasteiger partial charge in [-0.15, -0.1) is 22.7 Å². The van der Waals surface area contributed by atoms with Gasteiger partial charge in [0.25, 0.3) is 0 Å². The molecule has 120 valence electrons. The Morgan fingerprint density at radius 1 is 1.22 bits per heavy atom. The number of amides is 1. The van der Waals surface area contributed by atoms with Crippen molar-refractivity contribution in [3.8, 4) is 10.6 Å². The fourth-order valence-electron chi connectivity index (χ4n) is 4.08. The largest absolute Gasteiger partial charge is 0.481 e. The average molecular weight is 348 g/mol. The number of aromatic nitrogens is 1. The van der Waals surface area contributed by atoms with E-state index < -0.39 is 17.8 Å². The second kappa shape index (κ2) is 5.72. The van der Waals surface area contributed by atoms with Crippen molar-refractivity contribution < 1.29 is 14.7 Å². The van der Waals surface area contributed by atoms with Gasteiger partial charge in [0.2, 0.25) is 5.91 Å². The average Bonchev–Trinajstić information content (AvgIpc) is 3.28. The third-order valence-corrected chi connectivity index (χ3v) is 6.66. The van der Waals surface area contributed by atoms with Crippen LogP contribution in [0.25, 0.3) is 10.6 Å². The smallest absolute Gasteiger partial charge is 0.307 e. The van der Waals surface area contributed by atoms with E-state index in [0.717, 1.165) is 29.8 Å². The van der Waals surface area contributed by atoms with E-state index in [1.54, 1.807) is 11.3 Å². The summed E-state index contributed by atoms with van der Waals surface area (Å²) in [5.74, 6) is -1.61. The van der Waals surface area contributed by atoms with Gasteiger partial charge in [0, 0.05) is 5.38 Å². The van der Waals surface area contributed by atoms with E-state index in [9.17, 15) is 14.7 Å². The number of nitrogens with one attached hydrogen (secondary N) is 1. The number of thiophene rings is 1. The normalized spacial score (nSPS) is 28.9. The number of fused-ring (bicyclic) bond motifs is 2. The molecule has 7 heteroatoms. The third kappa shape index (κ3) is 2.57. The maximum atomic E-state index is 12.6. The quantitative estimate of drug-likeness (QED) is 0.885. The standard InChI is InChI=1S/C16H16N2O3S2/c19-14(12-8-3-4-9(6-8)13(12)15(20)21)18-16-17-10(7-23-16)11-2-1-5-22-11/h1-2,5,7-9,12-13H,3-4,6H2,(H,20,21)(H,17,18,19)/t8-,9-,12-,13-/m0/s1. The number of nitrogens with zero attached hydrogens (tertiary/aromatic N) is 1. The van der Waals surface area contributed by atoms with Crippen LogP contribution in [-0.2, 0) is 9.59 Å². The van der Waals surface area contributed by atoms with Crippen molar-refractivity contribution in [2.24, 2.45) is 23.7 Å². The monoisotopic (exact) mass is 348 g/mol. The van der Waals surface area contributed by atoms with Crippen molar-refractivity contribution in [2.75, 3.05) is 5.32 Å². The molecule has 1 amide bonds. The van der Waals surface area contributed by atoms with Gasteiger partial charge in [-0.2, -0.15) is 0 Å². The molecule has 2 N–H and O–H groups in total. The minimum absolute atomic E-state index is 0.159. The van der Waals surface area contributed by atoms with Crippen LogP contribution in [0.2, 0.25) is 0 Å². The molecule has 23 heavy (non-hydrogen) atoms. The molecule has 0 aliphatic heterocycles. The van der Waals surface area contributed by atoms with Crippen LogP contribution in [-0.4, -0.2) is 22.0 Å². The van der Waals surface area contributed by atoms with Crippen molar-refractivity contribution in [1.82, 2.24) is 4.98 Å². The van der Waals surface area contributed by atoms with E-state index >= 15 is 0 Å². The summed E-state index contributed by atoms with van der Waals surface area (Å²) < 4.78 is 0. The van der Waals surface area contributed by atoms with Crippen molar-refractivity contribution in [1.29, 1.82) is 0 Å². The van der Waals surface area contributed by atoms with Gasteiger partial charge < -0.3 is 10.4 Å². The van der Waals surface area contributed by atoms with Gasteiger partial charge in [-0.3, -0.25) is 9.59 Å². The highest BCUT2D eigenvalue weighted by atomic mass is 32.1. The van der Waals surface area contributed by atoms with Crippen LogP contribution in [0.4, 0.5) is 5.13 Å². The zero-order chi connectivity index (χ0) is 16.0. The summed E-state index contributed by atoms with van der Waals surface area (Å²) in [5, 5.41) is 16.7. The van der Waals surface area contributed by atoms with Crippen LogP contribution in [0, 0.1) is 23.7 Å². The Hall–Kier alpha value is -1.73. The first-order valence-electron chi connectivity index (χ1n) is 7.66. The van der Waals surface area contributed by atoms with Gasteiger partial charge >= 0.3 is 5.97 Å². The number of hydrogen-bond donors (Lipinski definition) is 2. The molecule has 2 heterocycles. The van der Waals surface area contributed by atoms with Gasteiger partial charge in [-0.05, 0) is 42.5 Å². The molecule has 4 atom stereocenters. The Kier molecular flexibility index (Phi) is 3.69. The number of rotatable bonds is 4. The number of aliphatic carboxylic acids is 1. The predicted molar refractivity (Wildman–Crippen MR) is 89.5 cm³/mol. The molecular formula is C16H16N2O3S2. The van der Waals surface area contributed by atoms with Crippen LogP contribution < -0.4 is 5.32 Å². The number of carboxylic acid groups (broad SMARTS) is 1. The Bertz CT molecular complexity index is 740. The molecule has 2 bridgehead atoms. The molecular weight excluding hydrogens is 332 g/mol. The number of anilines is 1. The van der Waals surface area contributed by atoms with Crippen molar-refractivity contribution in [2.45, 2.75) is 19.3 Å². The maximum Gasteiger partial charge on any atom is 0.307 e. The van der Waals surface area contributed by atoms with Gasteiger partial charge in [0.15, 0.2) is 5.13 Å². The number of thiazole rings is 1. The molecule has 2 aliphatic rings. The van der Waals surface area contributed by atoms with E-state index in [4.69, 9.17) is 0 Å². The summed E-state index contributed by atoms with van der Waals surface area (Å²) in [7, 11) is 0. The van der Waals surface area contributed by atoms with Gasteiger partial charge in [0.1, 0.15) is 0 Å². The summed E-state index contributed by atoms with van der Waals surface area (Å²) in [6.07, 6.45) is 2.77. The van der Waals surface area contributed by atoms with Crippen LogP contribution >= 0.6 is 22.7 Å². The van der Waals surface area contributed by atoms with E-state index in [1.807, 2.05) is 22.9 Å². The summed E-state index contributed by atoms with van der Waals surface area (Å²) in [4.78, 5) is 29.6. The molecule has 2 saturated carbocycles. The lowest BCUT2D eigenvalue weighted by molar-refractivity contribution is -0.148. The Morgan fingerprint density at radius 3 is 2.70 bits per heavy atom. The number of carbonyl (C=O) groups is 2. The predicted octanol–water partition coefficient (Wildman–Crippen LogP) is 3.56. The molecule has 0 spiro atoms. The third-order valence-electron chi connectivity index (χ3n) is 5.01. The number of carboxylic acids is 1.